The Labute approximate surface area is 245 Å². The maximum Gasteiger partial charge on any atom is 0.281 e. The summed E-state index contributed by atoms with van der Waals surface area (Å²) in [5.41, 5.74) is 1.45. The van der Waals surface area contributed by atoms with Crippen LogP contribution in [0.25, 0.3) is 11.1 Å². The highest BCUT2D eigenvalue weighted by atomic mass is 19.3. The number of hydrogen-bond acceptors (Lipinski definition) is 1. The van der Waals surface area contributed by atoms with Crippen molar-refractivity contribution in [3.63, 3.8) is 0 Å². The van der Waals surface area contributed by atoms with Crippen molar-refractivity contribution in [1.29, 1.82) is 0 Å². The Bertz CT molecular complexity index is 1330. The third-order valence-corrected chi connectivity index (χ3v) is 8.39. The van der Waals surface area contributed by atoms with E-state index in [2.05, 4.69) is 6.92 Å². The van der Waals surface area contributed by atoms with Crippen LogP contribution in [0.2, 0.25) is 0 Å². The Hall–Kier alpha value is -2.96. The van der Waals surface area contributed by atoms with Crippen molar-refractivity contribution in [2.45, 2.75) is 96.3 Å². The maximum atomic E-state index is 15.1. The number of benzene rings is 3. The van der Waals surface area contributed by atoms with Gasteiger partial charge in [0.05, 0.1) is 0 Å². The first-order valence-corrected chi connectivity index (χ1v) is 15.2. The van der Waals surface area contributed by atoms with Gasteiger partial charge in [-0.1, -0.05) is 63.4 Å². The average molecular weight is 591 g/mol. The van der Waals surface area contributed by atoms with Crippen molar-refractivity contribution >= 4 is 0 Å². The summed E-state index contributed by atoms with van der Waals surface area (Å²) in [4.78, 5) is 0. The summed E-state index contributed by atoms with van der Waals surface area (Å²) in [5, 5.41) is 0. The fraction of sp³-hybridized carbons (Fsp3) is 0.486. The van der Waals surface area contributed by atoms with E-state index in [0.29, 0.717) is 50.5 Å². The van der Waals surface area contributed by atoms with Gasteiger partial charge in [-0.15, -0.1) is 0 Å². The first-order chi connectivity index (χ1) is 20.1. The Morgan fingerprint density at radius 1 is 0.714 bits per heavy atom. The molecule has 4 rings (SSSR count). The summed E-state index contributed by atoms with van der Waals surface area (Å²) in [6, 6.07) is 11.8. The molecule has 42 heavy (non-hydrogen) atoms. The molecule has 0 aromatic heterocycles. The highest BCUT2D eigenvalue weighted by Gasteiger charge is 2.36. The van der Waals surface area contributed by atoms with E-state index in [-0.39, 0.29) is 40.7 Å². The minimum Gasteiger partial charge on any atom is -0.487 e. The van der Waals surface area contributed by atoms with E-state index in [4.69, 9.17) is 4.74 Å². The summed E-state index contributed by atoms with van der Waals surface area (Å²) in [7, 11) is 0. The van der Waals surface area contributed by atoms with E-state index in [0.717, 1.165) is 24.8 Å². The van der Waals surface area contributed by atoms with Crippen LogP contribution in [0.3, 0.4) is 0 Å². The smallest absolute Gasteiger partial charge is 0.281 e. The number of ether oxygens (including phenoxy) is 1. The Morgan fingerprint density at radius 3 is 2.10 bits per heavy atom. The van der Waals surface area contributed by atoms with Gasteiger partial charge in [0, 0.05) is 23.6 Å². The third kappa shape index (κ3) is 8.11. The Morgan fingerprint density at radius 2 is 1.43 bits per heavy atom. The number of halogens is 6. The summed E-state index contributed by atoms with van der Waals surface area (Å²) >= 11 is 0. The maximum absolute atomic E-state index is 15.1. The Kier molecular flexibility index (Phi) is 11.0. The second-order valence-electron chi connectivity index (χ2n) is 11.7. The number of hydrogen-bond donors (Lipinski definition) is 0. The lowest BCUT2D eigenvalue weighted by Crippen LogP contribution is -2.30. The second kappa shape index (κ2) is 14.5. The largest absolute Gasteiger partial charge is 0.487 e. The van der Waals surface area contributed by atoms with Gasteiger partial charge in [0.15, 0.2) is 18.2 Å². The standard InChI is InChI=1S/C35H40F6O/c1-3-5-6-8-25-13-16-28(20-31(25)36)42-22-35(40,41)21-23-9-11-24(12-10-23)27-15-17-29(32(37)19-27)30-18-14-26(7-4-2)33(38)34(30)39/h13-20,23-24H,3-12,21-22H2,1-2H3. The summed E-state index contributed by atoms with van der Waals surface area (Å²) in [6.07, 6.45) is 6.64. The molecule has 0 bridgehead atoms. The zero-order valence-corrected chi connectivity index (χ0v) is 24.4. The van der Waals surface area contributed by atoms with Crippen molar-refractivity contribution in [3.8, 4) is 16.9 Å². The van der Waals surface area contributed by atoms with Crippen LogP contribution in [0, 0.1) is 29.2 Å². The zero-order chi connectivity index (χ0) is 30.3. The molecule has 3 aromatic carbocycles. The van der Waals surface area contributed by atoms with Crippen molar-refractivity contribution in [2.75, 3.05) is 6.61 Å². The van der Waals surface area contributed by atoms with Gasteiger partial charge in [0.1, 0.15) is 17.4 Å². The molecule has 7 heteroatoms. The van der Waals surface area contributed by atoms with Gasteiger partial charge in [-0.2, -0.15) is 0 Å². The monoisotopic (exact) mass is 590 g/mol. The highest BCUT2D eigenvalue weighted by Crippen LogP contribution is 2.41. The third-order valence-electron chi connectivity index (χ3n) is 8.39. The molecule has 3 aromatic rings. The first-order valence-electron chi connectivity index (χ1n) is 15.2. The summed E-state index contributed by atoms with van der Waals surface area (Å²) in [6.45, 7) is 3.13. The van der Waals surface area contributed by atoms with E-state index in [1.54, 1.807) is 18.2 Å². The summed E-state index contributed by atoms with van der Waals surface area (Å²) < 4.78 is 93.3. The zero-order valence-electron chi connectivity index (χ0n) is 24.4. The van der Waals surface area contributed by atoms with Gasteiger partial charge < -0.3 is 4.74 Å². The van der Waals surface area contributed by atoms with Gasteiger partial charge in [-0.25, -0.2) is 26.3 Å². The number of unbranched alkanes of at least 4 members (excludes halogenated alkanes) is 2. The van der Waals surface area contributed by atoms with Crippen LogP contribution in [0.5, 0.6) is 5.75 Å². The van der Waals surface area contributed by atoms with Gasteiger partial charge in [0.25, 0.3) is 5.92 Å². The fourth-order valence-electron chi connectivity index (χ4n) is 6.02. The molecular formula is C35H40F6O. The Balaban J connectivity index is 1.30. The molecule has 0 radical (unpaired) electrons. The quantitative estimate of drug-likeness (QED) is 0.142. The number of rotatable bonds is 13. The van der Waals surface area contributed by atoms with E-state index < -0.39 is 35.8 Å². The van der Waals surface area contributed by atoms with Gasteiger partial charge in [0.2, 0.25) is 0 Å². The molecular weight excluding hydrogens is 550 g/mol. The minimum absolute atomic E-state index is 0.00185. The van der Waals surface area contributed by atoms with E-state index in [1.165, 1.54) is 30.3 Å². The van der Waals surface area contributed by atoms with E-state index in [1.807, 2.05) is 6.92 Å². The van der Waals surface area contributed by atoms with E-state index in [9.17, 15) is 22.0 Å². The minimum atomic E-state index is -3.06. The molecule has 0 amide bonds. The molecule has 0 aliphatic heterocycles. The molecule has 228 valence electrons. The molecule has 0 saturated heterocycles. The topological polar surface area (TPSA) is 9.23 Å². The van der Waals surface area contributed by atoms with Gasteiger partial charge >= 0.3 is 0 Å². The lowest BCUT2D eigenvalue weighted by Gasteiger charge is -2.31. The molecule has 1 saturated carbocycles. The second-order valence-corrected chi connectivity index (χ2v) is 11.7. The molecule has 0 spiro atoms. The molecule has 0 atom stereocenters. The van der Waals surface area contributed by atoms with Crippen molar-refractivity contribution in [1.82, 2.24) is 0 Å². The van der Waals surface area contributed by atoms with Crippen LogP contribution in [-0.4, -0.2) is 12.5 Å². The fourth-order valence-corrected chi connectivity index (χ4v) is 6.02. The molecule has 1 aliphatic rings. The number of alkyl halides is 2. The lowest BCUT2D eigenvalue weighted by molar-refractivity contribution is -0.0634. The molecule has 1 aliphatic carbocycles. The molecule has 1 fully saturated rings. The predicted molar refractivity (Wildman–Crippen MR) is 155 cm³/mol. The van der Waals surface area contributed by atoms with Crippen molar-refractivity contribution < 1.29 is 31.1 Å². The van der Waals surface area contributed by atoms with Gasteiger partial charge in [-0.05, 0) is 85.6 Å². The van der Waals surface area contributed by atoms with Gasteiger partial charge in [-0.3, -0.25) is 0 Å². The average Bonchev–Trinajstić information content (AvgIpc) is 2.96. The molecule has 0 heterocycles. The first kappa shape index (κ1) is 32.0. The highest BCUT2D eigenvalue weighted by molar-refractivity contribution is 5.66. The predicted octanol–water partition coefficient (Wildman–Crippen LogP) is 11.0. The normalized spacial score (nSPS) is 17.4. The lowest BCUT2D eigenvalue weighted by atomic mass is 9.76. The summed E-state index contributed by atoms with van der Waals surface area (Å²) in [5.74, 6) is -6.23. The van der Waals surface area contributed by atoms with Crippen LogP contribution < -0.4 is 4.74 Å². The molecule has 0 N–H and O–H groups in total. The number of aryl methyl sites for hydroxylation is 2. The molecule has 0 unspecified atom stereocenters. The van der Waals surface area contributed by atoms with E-state index >= 15 is 4.39 Å². The van der Waals surface area contributed by atoms with Crippen LogP contribution in [-0.2, 0) is 12.8 Å². The molecule has 1 nitrogen and oxygen atoms in total. The van der Waals surface area contributed by atoms with Crippen LogP contribution in [0.4, 0.5) is 26.3 Å². The van der Waals surface area contributed by atoms with Crippen molar-refractivity contribution in [3.05, 3.63) is 88.5 Å². The van der Waals surface area contributed by atoms with Crippen molar-refractivity contribution in [2.24, 2.45) is 5.92 Å². The SMILES string of the molecule is CCCCCc1ccc(OCC(F)(F)CC2CCC(c3ccc(-c4ccc(CCC)c(F)c4F)c(F)c3)CC2)cc1F. The van der Waals surface area contributed by atoms with Crippen LogP contribution >= 0.6 is 0 Å². The van der Waals surface area contributed by atoms with Crippen LogP contribution in [0.15, 0.2) is 48.5 Å². The van der Waals surface area contributed by atoms with Crippen LogP contribution in [0.1, 0.15) is 94.2 Å².